The van der Waals surface area contributed by atoms with Gasteiger partial charge in [0.1, 0.15) is 17.5 Å². The van der Waals surface area contributed by atoms with Crippen LogP contribution in [0.15, 0.2) is 83.4 Å². The molecular weight excluding hydrogens is 488 g/mol. The second-order valence-electron chi connectivity index (χ2n) is 8.52. The number of ether oxygens (including phenoxy) is 1. The number of anilines is 2. The molecule has 0 unspecified atom stereocenters. The summed E-state index contributed by atoms with van der Waals surface area (Å²) in [6.07, 6.45) is 0.158. The van der Waals surface area contributed by atoms with E-state index in [-0.39, 0.29) is 24.0 Å². The van der Waals surface area contributed by atoms with E-state index in [0.29, 0.717) is 22.6 Å². The summed E-state index contributed by atoms with van der Waals surface area (Å²) < 4.78 is 10.0. The molecule has 0 aliphatic rings. The molecule has 3 amide bonds. The fraction of sp³-hybridized carbons (Fsp3) is 0.143. The topological polar surface area (TPSA) is 143 Å². The highest BCUT2D eigenvalue weighted by atomic mass is 16.5. The maximum Gasteiger partial charge on any atom is 0.328 e. The van der Waals surface area contributed by atoms with Gasteiger partial charge in [-0.1, -0.05) is 47.1 Å². The molecule has 1 aromatic heterocycles. The molecule has 0 aliphatic carbocycles. The zero-order chi connectivity index (χ0) is 27.1. The van der Waals surface area contributed by atoms with E-state index in [2.05, 4.69) is 21.1 Å². The van der Waals surface area contributed by atoms with Crippen molar-refractivity contribution in [1.82, 2.24) is 10.5 Å². The van der Waals surface area contributed by atoms with Crippen molar-refractivity contribution in [3.63, 3.8) is 0 Å². The fourth-order valence-corrected chi connectivity index (χ4v) is 3.61. The predicted molar refractivity (Wildman–Crippen MR) is 141 cm³/mol. The molecule has 4 aromatic rings. The van der Waals surface area contributed by atoms with Crippen LogP contribution >= 0.6 is 0 Å². The molecule has 1 heterocycles. The molecule has 4 rings (SSSR count). The summed E-state index contributed by atoms with van der Waals surface area (Å²) in [6, 6.07) is 20.7. The van der Waals surface area contributed by atoms with Gasteiger partial charge in [0.2, 0.25) is 5.76 Å². The molecule has 0 saturated carbocycles. The highest BCUT2D eigenvalue weighted by Gasteiger charge is 2.25. The average Bonchev–Trinajstić information content (AvgIpc) is 3.41. The van der Waals surface area contributed by atoms with E-state index in [0.717, 1.165) is 11.1 Å². The number of carbonyl (C=O) groups is 3. The lowest BCUT2D eigenvalue weighted by atomic mass is 10.1. The third-order valence-electron chi connectivity index (χ3n) is 5.65. The van der Waals surface area contributed by atoms with Crippen LogP contribution in [-0.2, 0) is 16.0 Å². The van der Waals surface area contributed by atoms with Gasteiger partial charge in [-0.05, 0) is 48.9 Å². The number of phenols is 1. The Morgan fingerprint density at radius 2 is 1.53 bits per heavy atom. The molecule has 3 aromatic carbocycles. The van der Waals surface area contributed by atoms with Gasteiger partial charge in [0.15, 0.2) is 0 Å². The molecule has 10 heteroatoms. The Morgan fingerprint density at radius 3 is 2.13 bits per heavy atom. The molecule has 0 radical (unpaired) electrons. The number of methoxy groups -OCH3 is 1. The number of hydrogen-bond acceptors (Lipinski definition) is 7. The standard InChI is InChI=1S/C28H26N4O6/c1-17-3-9-20(10-4-17)29-28(36)30-21-11-7-19(8-12-21)23-16-25(38-32-23)26(34)31-24(27(35)37-2)15-18-5-13-22(33)14-6-18/h3-14,16,24,33H,15H2,1-2H3,(H,31,34)(H2,29,30,36)/t24-/m0/s1. The Morgan fingerprint density at radius 1 is 0.921 bits per heavy atom. The molecule has 1 atom stereocenters. The molecule has 0 aliphatic heterocycles. The van der Waals surface area contributed by atoms with E-state index < -0.39 is 17.9 Å². The van der Waals surface area contributed by atoms with Crippen LogP contribution in [0.3, 0.4) is 0 Å². The van der Waals surface area contributed by atoms with Crippen LogP contribution in [0.1, 0.15) is 21.7 Å². The summed E-state index contributed by atoms with van der Waals surface area (Å²) in [6.45, 7) is 1.97. The van der Waals surface area contributed by atoms with Gasteiger partial charge in [0.05, 0.1) is 7.11 Å². The van der Waals surface area contributed by atoms with E-state index in [4.69, 9.17) is 9.26 Å². The van der Waals surface area contributed by atoms with E-state index in [1.165, 1.54) is 25.3 Å². The third-order valence-corrected chi connectivity index (χ3v) is 5.65. The number of benzene rings is 3. The first-order chi connectivity index (χ1) is 18.3. The van der Waals surface area contributed by atoms with Crippen molar-refractivity contribution in [2.24, 2.45) is 0 Å². The third kappa shape index (κ3) is 6.76. The molecule has 0 saturated heterocycles. The van der Waals surface area contributed by atoms with Gasteiger partial charge in [-0.3, -0.25) is 4.79 Å². The van der Waals surface area contributed by atoms with E-state index in [1.807, 2.05) is 31.2 Å². The summed E-state index contributed by atoms with van der Waals surface area (Å²) in [5, 5.41) is 21.5. The van der Waals surface area contributed by atoms with Gasteiger partial charge in [-0.25, -0.2) is 9.59 Å². The average molecular weight is 515 g/mol. The maximum atomic E-state index is 12.8. The first-order valence-corrected chi connectivity index (χ1v) is 11.7. The normalized spacial score (nSPS) is 11.3. The number of carbonyl (C=O) groups excluding carboxylic acids is 3. The van der Waals surface area contributed by atoms with Crippen molar-refractivity contribution in [2.75, 3.05) is 17.7 Å². The van der Waals surface area contributed by atoms with Gasteiger partial charge in [0, 0.05) is 29.4 Å². The van der Waals surface area contributed by atoms with Crippen molar-refractivity contribution in [3.8, 4) is 17.0 Å². The van der Waals surface area contributed by atoms with Crippen LogP contribution in [0.2, 0.25) is 0 Å². The Hall–Kier alpha value is -5.12. The lowest BCUT2D eigenvalue weighted by molar-refractivity contribution is -0.142. The number of aromatic nitrogens is 1. The number of esters is 1. The van der Waals surface area contributed by atoms with Gasteiger partial charge >= 0.3 is 12.0 Å². The van der Waals surface area contributed by atoms with Crippen LogP contribution in [0.25, 0.3) is 11.3 Å². The van der Waals surface area contributed by atoms with E-state index in [9.17, 15) is 19.5 Å². The van der Waals surface area contributed by atoms with Crippen LogP contribution in [-0.4, -0.2) is 41.3 Å². The Bertz CT molecular complexity index is 1410. The molecule has 0 fully saturated rings. The number of phenolic OH excluding ortho intramolecular Hbond substituents is 1. The fourth-order valence-electron chi connectivity index (χ4n) is 3.61. The number of nitrogens with zero attached hydrogens (tertiary/aromatic N) is 1. The molecule has 4 N–H and O–H groups in total. The molecule has 0 bridgehead atoms. The minimum atomic E-state index is -0.970. The number of hydrogen-bond donors (Lipinski definition) is 4. The van der Waals surface area contributed by atoms with Crippen molar-refractivity contribution in [3.05, 3.63) is 95.7 Å². The Balaban J connectivity index is 1.37. The van der Waals surface area contributed by atoms with Gasteiger partial charge < -0.3 is 30.3 Å². The largest absolute Gasteiger partial charge is 0.508 e. The van der Waals surface area contributed by atoms with Crippen LogP contribution < -0.4 is 16.0 Å². The van der Waals surface area contributed by atoms with Crippen LogP contribution in [0.5, 0.6) is 5.75 Å². The second-order valence-corrected chi connectivity index (χ2v) is 8.52. The smallest absolute Gasteiger partial charge is 0.328 e. The Kier molecular flexibility index (Phi) is 8.02. The maximum absolute atomic E-state index is 12.8. The first-order valence-electron chi connectivity index (χ1n) is 11.7. The number of rotatable bonds is 8. The summed E-state index contributed by atoms with van der Waals surface area (Å²) in [5.41, 5.74) is 4.12. The lowest BCUT2D eigenvalue weighted by Gasteiger charge is -2.15. The molecule has 194 valence electrons. The van der Waals surface area contributed by atoms with Gasteiger partial charge in [-0.15, -0.1) is 0 Å². The molecule has 38 heavy (non-hydrogen) atoms. The summed E-state index contributed by atoms with van der Waals surface area (Å²) >= 11 is 0. The van der Waals surface area contributed by atoms with E-state index in [1.54, 1.807) is 36.4 Å². The molecule has 10 nitrogen and oxygen atoms in total. The molecule has 0 spiro atoms. The Labute approximate surface area is 218 Å². The number of urea groups is 1. The number of amides is 3. The van der Waals surface area contributed by atoms with E-state index >= 15 is 0 Å². The van der Waals surface area contributed by atoms with Crippen LogP contribution in [0.4, 0.5) is 16.2 Å². The van der Waals surface area contributed by atoms with Crippen molar-refractivity contribution < 1.29 is 28.8 Å². The minimum Gasteiger partial charge on any atom is -0.508 e. The summed E-state index contributed by atoms with van der Waals surface area (Å²) in [4.78, 5) is 37.2. The zero-order valence-corrected chi connectivity index (χ0v) is 20.7. The van der Waals surface area contributed by atoms with Gasteiger partial charge in [-0.2, -0.15) is 0 Å². The van der Waals surface area contributed by atoms with Crippen molar-refractivity contribution in [1.29, 1.82) is 0 Å². The number of aryl methyl sites for hydroxylation is 1. The number of nitrogens with one attached hydrogen (secondary N) is 3. The monoisotopic (exact) mass is 514 g/mol. The predicted octanol–water partition coefficient (Wildman–Crippen LogP) is 4.51. The van der Waals surface area contributed by atoms with Crippen LogP contribution in [0, 0.1) is 6.92 Å². The van der Waals surface area contributed by atoms with Gasteiger partial charge in [0.25, 0.3) is 5.91 Å². The van der Waals surface area contributed by atoms with Crippen molar-refractivity contribution >= 4 is 29.3 Å². The lowest BCUT2D eigenvalue weighted by Crippen LogP contribution is -2.43. The number of aromatic hydroxyl groups is 1. The highest BCUT2D eigenvalue weighted by Crippen LogP contribution is 2.22. The minimum absolute atomic E-state index is 0.0840. The second kappa shape index (κ2) is 11.7. The highest BCUT2D eigenvalue weighted by molar-refractivity contribution is 6.00. The zero-order valence-electron chi connectivity index (χ0n) is 20.7. The quantitative estimate of drug-likeness (QED) is 0.253. The molecular formula is C28H26N4O6. The van der Waals surface area contributed by atoms with Crippen molar-refractivity contribution in [2.45, 2.75) is 19.4 Å². The SMILES string of the molecule is COC(=O)[C@H](Cc1ccc(O)cc1)NC(=O)c1cc(-c2ccc(NC(=O)Nc3ccc(C)cc3)cc2)no1. The summed E-state index contributed by atoms with van der Waals surface area (Å²) in [7, 11) is 1.23. The first kappa shape index (κ1) is 26.0. The summed E-state index contributed by atoms with van der Waals surface area (Å²) in [5.74, 6) is -1.25.